The third-order valence-corrected chi connectivity index (χ3v) is 4.13. The van der Waals surface area contributed by atoms with E-state index in [1.807, 2.05) is 0 Å². The molecule has 2 rings (SSSR count). The summed E-state index contributed by atoms with van der Waals surface area (Å²) in [7, 11) is 0. The Morgan fingerprint density at radius 3 is 2.59 bits per heavy atom. The van der Waals surface area contributed by atoms with Crippen LogP contribution in [0.3, 0.4) is 0 Å². The first-order chi connectivity index (χ1) is 12.5. The zero-order valence-electron chi connectivity index (χ0n) is 15.2. The number of rotatable bonds is 4. The summed E-state index contributed by atoms with van der Waals surface area (Å²) < 4.78 is 19.1. The molecule has 1 unspecified atom stereocenters. The summed E-state index contributed by atoms with van der Waals surface area (Å²) in [5, 5.41) is 12.1. The second-order valence-corrected chi connectivity index (χ2v) is 7.75. The molecule has 1 fully saturated rings. The second kappa shape index (κ2) is 8.12. The summed E-state index contributed by atoms with van der Waals surface area (Å²) in [6, 6.07) is 3.51. The molecule has 0 spiro atoms. The van der Waals surface area contributed by atoms with Crippen molar-refractivity contribution in [2.75, 3.05) is 6.54 Å². The lowest BCUT2D eigenvalue weighted by Gasteiger charge is -2.28. The molecule has 2 N–H and O–H groups in total. The molecule has 1 aliphatic rings. The average Bonchev–Trinajstić information content (AvgIpc) is 2.92. The Labute approximate surface area is 161 Å². The molecule has 1 aromatic carbocycles. The summed E-state index contributed by atoms with van der Waals surface area (Å²) in [5.41, 5.74) is -0.543. The van der Waals surface area contributed by atoms with E-state index in [2.05, 4.69) is 5.32 Å². The molecule has 1 aromatic rings. The van der Waals surface area contributed by atoms with Crippen LogP contribution >= 0.6 is 11.6 Å². The maximum atomic E-state index is 13.9. The van der Waals surface area contributed by atoms with E-state index in [1.165, 1.54) is 12.1 Å². The first kappa shape index (κ1) is 21.0. The van der Waals surface area contributed by atoms with Crippen molar-refractivity contribution in [2.45, 2.75) is 51.0 Å². The predicted molar refractivity (Wildman–Crippen MR) is 96.2 cm³/mol. The Morgan fingerprint density at radius 1 is 1.37 bits per heavy atom. The standard InChI is InChI=1S/C18H22ClFN2O5/c1-18(2,3)27-17(26)22-9-12(20)8-13(22)15(23)21-14(16(24)25)10-5-4-6-11(19)7-10/h4-7,12-14H,8-9H2,1-3H3,(H,21,23)(H,24,25)/t12-,13+,14?/m1/s1. The number of alkyl halides is 1. The molecule has 7 nitrogen and oxygen atoms in total. The number of carboxylic acid groups (broad SMARTS) is 1. The highest BCUT2D eigenvalue weighted by molar-refractivity contribution is 6.30. The van der Waals surface area contributed by atoms with Gasteiger partial charge in [0, 0.05) is 11.4 Å². The molecule has 0 aromatic heterocycles. The number of nitrogens with one attached hydrogen (secondary N) is 1. The third kappa shape index (κ3) is 5.56. The number of carbonyl (C=O) groups excluding carboxylic acids is 2. The van der Waals surface area contributed by atoms with E-state index >= 15 is 0 Å². The monoisotopic (exact) mass is 400 g/mol. The van der Waals surface area contributed by atoms with Crippen molar-refractivity contribution in [3.63, 3.8) is 0 Å². The van der Waals surface area contributed by atoms with E-state index in [-0.39, 0.29) is 18.5 Å². The normalized spacial score (nSPS) is 20.9. The lowest BCUT2D eigenvalue weighted by atomic mass is 10.1. The number of carboxylic acids is 1. The van der Waals surface area contributed by atoms with Crippen molar-refractivity contribution in [1.29, 1.82) is 0 Å². The SMILES string of the molecule is CC(C)(C)OC(=O)N1C[C@H](F)C[C@H]1C(=O)NC(C(=O)O)c1cccc(Cl)c1. The summed E-state index contributed by atoms with van der Waals surface area (Å²) in [6.45, 7) is 4.68. The van der Waals surface area contributed by atoms with Crippen molar-refractivity contribution >= 4 is 29.6 Å². The maximum Gasteiger partial charge on any atom is 0.411 e. The number of carbonyl (C=O) groups is 3. The van der Waals surface area contributed by atoms with E-state index in [1.54, 1.807) is 32.9 Å². The van der Waals surface area contributed by atoms with Gasteiger partial charge in [-0.1, -0.05) is 23.7 Å². The largest absolute Gasteiger partial charge is 0.479 e. The van der Waals surface area contributed by atoms with Gasteiger partial charge in [-0.3, -0.25) is 9.69 Å². The van der Waals surface area contributed by atoms with Gasteiger partial charge in [0.1, 0.15) is 17.8 Å². The Hall–Kier alpha value is -2.35. The van der Waals surface area contributed by atoms with Crippen molar-refractivity contribution in [3.05, 3.63) is 34.9 Å². The zero-order valence-corrected chi connectivity index (χ0v) is 16.0. The van der Waals surface area contributed by atoms with Crippen LogP contribution in [0.2, 0.25) is 5.02 Å². The van der Waals surface area contributed by atoms with Gasteiger partial charge in [0.15, 0.2) is 6.04 Å². The molecular formula is C18H22ClFN2O5. The van der Waals surface area contributed by atoms with Gasteiger partial charge in [0.25, 0.3) is 0 Å². The number of benzene rings is 1. The molecule has 2 amide bonds. The number of likely N-dealkylation sites (tertiary alicyclic amines) is 1. The van der Waals surface area contributed by atoms with Crippen molar-refractivity contribution < 1.29 is 28.6 Å². The first-order valence-corrected chi connectivity index (χ1v) is 8.78. The molecule has 1 saturated heterocycles. The van der Waals surface area contributed by atoms with Gasteiger partial charge in [0.05, 0.1) is 6.54 Å². The molecule has 1 aliphatic heterocycles. The minimum Gasteiger partial charge on any atom is -0.479 e. The topological polar surface area (TPSA) is 95.9 Å². The molecule has 0 radical (unpaired) electrons. The minimum absolute atomic E-state index is 0.229. The highest BCUT2D eigenvalue weighted by atomic mass is 35.5. The van der Waals surface area contributed by atoms with E-state index in [4.69, 9.17) is 16.3 Å². The van der Waals surface area contributed by atoms with Gasteiger partial charge in [-0.2, -0.15) is 0 Å². The van der Waals surface area contributed by atoms with E-state index in [0.29, 0.717) is 5.02 Å². The van der Waals surface area contributed by atoms with Crippen LogP contribution in [0.1, 0.15) is 38.8 Å². The fourth-order valence-electron chi connectivity index (χ4n) is 2.77. The van der Waals surface area contributed by atoms with Crippen LogP contribution in [0.15, 0.2) is 24.3 Å². The van der Waals surface area contributed by atoms with Crippen LogP contribution in [0.4, 0.5) is 9.18 Å². The number of hydrogen-bond donors (Lipinski definition) is 2. The fourth-order valence-corrected chi connectivity index (χ4v) is 2.97. The molecular weight excluding hydrogens is 379 g/mol. The molecule has 0 saturated carbocycles. The number of ether oxygens (including phenoxy) is 1. The summed E-state index contributed by atoms with van der Waals surface area (Å²) in [5.74, 6) is -2.07. The molecule has 27 heavy (non-hydrogen) atoms. The van der Waals surface area contributed by atoms with E-state index < -0.39 is 41.8 Å². The van der Waals surface area contributed by atoms with Crippen molar-refractivity contribution in [2.24, 2.45) is 0 Å². The highest BCUT2D eigenvalue weighted by Gasteiger charge is 2.42. The maximum absolute atomic E-state index is 13.9. The Kier molecular flexibility index (Phi) is 6.30. The van der Waals surface area contributed by atoms with Crippen LogP contribution in [-0.4, -0.2) is 52.3 Å². The predicted octanol–water partition coefficient (Wildman–Crippen LogP) is 2.93. The number of nitrogens with zero attached hydrogens (tertiary/aromatic N) is 1. The fraction of sp³-hybridized carbons (Fsp3) is 0.500. The minimum atomic E-state index is -1.40. The van der Waals surface area contributed by atoms with Crippen molar-refractivity contribution in [1.82, 2.24) is 10.2 Å². The van der Waals surface area contributed by atoms with Crippen LogP contribution in [0.25, 0.3) is 0 Å². The lowest BCUT2D eigenvalue weighted by Crippen LogP contribution is -2.49. The van der Waals surface area contributed by atoms with Gasteiger partial charge in [0.2, 0.25) is 5.91 Å². The number of hydrogen-bond acceptors (Lipinski definition) is 4. The molecule has 1 heterocycles. The van der Waals surface area contributed by atoms with Gasteiger partial charge >= 0.3 is 12.1 Å². The van der Waals surface area contributed by atoms with Gasteiger partial charge in [-0.15, -0.1) is 0 Å². The zero-order chi connectivity index (χ0) is 20.4. The highest BCUT2D eigenvalue weighted by Crippen LogP contribution is 2.25. The summed E-state index contributed by atoms with van der Waals surface area (Å²) >= 11 is 5.88. The Balaban J connectivity index is 2.18. The second-order valence-electron chi connectivity index (χ2n) is 7.32. The van der Waals surface area contributed by atoms with E-state index in [9.17, 15) is 23.9 Å². The first-order valence-electron chi connectivity index (χ1n) is 8.40. The summed E-state index contributed by atoms with van der Waals surface area (Å²) in [6.07, 6.45) is -2.45. The Morgan fingerprint density at radius 2 is 2.04 bits per heavy atom. The third-order valence-electron chi connectivity index (χ3n) is 3.90. The number of halogens is 2. The van der Waals surface area contributed by atoms with Crippen LogP contribution < -0.4 is 5.32 Å². The van der Waals surface area contributed by atoms with Crippen LogP contribution in [0.5, 0.6) is 0 Å². The number of amides is 2. The van der Waals surface area contributed by atoms with Gasteiger partial charge < -0.3 is 15.2 Å². The number of aliphatic carboxylic acids is 1. The Bertz CT molecular complexity index is 737. The van der Waals surface area contributed by atoms with E-state index in [0.717, 1.165) is 4.90 Å². The van der Waals surface area contributed by atoms with Crippen LogP contribution in [0, 0.1) is 0 Å². The molecule has 9 heteroatoms. The molecule has 148 valence electrons. The lowest BCUT2D eigenvalue weighted by molar-refractivity contribution is -0.142. The van der Waals surface area contributed by atoms with Gasteiger partial charge in [-0.25, -0.2) is 14.0 Å². The molecule has 0 aliphatic carbocycles. The van der Waals surface area contributed by atoms with Crippen molar-refractivity contribution in [3.8, 4) is 0 Å². The average molecular weight is 401 g/mol. The van der Waals surface area contributed by atoms with Crippen LogP contribution in [-0.2, 0) is 14.3 Å². The quantitative estimate of drug-likeness (QED) is 0.810. The van der Waals surface area contributed by atoms with Gasteiger partial charge in [-0.05, 0) is 38.5 Å². The smallest absolute Gasteiger partial charge is 0.411 e. The molecule has 3 atom stereocenters. The molecule has 0 bridgehead atoms. The summed E-state index contributed by atoms with van der Waals surface area (Å²) in [4.78, 5) is 37.5.